The first kappa shape index (κ1) is 13.9. The van der Waals surface area contributed by atoms with Gasteiger partial charge in [0.05, 0.1) is 16.8 Å². The Morgan fingerprint density at radius 3 is 2.78 bits per heavy atom. The van der Waals surface area contributed by atoms with Gasteiger partial charge in [-0.3, -0.25) is 9.20 Å². The molecule has 0 unspecified atom stereocenters. The number of carbonyl (C=O) groups excluding carboxylic acids is 1. The van der Waals surface area contributed by atoms with Gasteiger partial charge in [-0.15, -0.1) is 11.3 Å². The fraction of sp³-hybridized carbons (Fsp3) is 0.0526. The van der Waals surface area contributed by atoms with Crippen molar-refractivity contribution in [1.29, 1.82) is 0 Å². The molecule has 4 aromatic rings. The number of imidazole rings is 1. The first-order valence-corrected chi connectivity index (χ1v) is 8.27. The standard InChI is InChI=1S/C19H14N2OS/c22-17(10-14-6-2-1-3-7-14)15-11-18(23-13-15)16-12-20-19-8-4-5-9-21(16)19/h1-9,11-13H,10H2. The minimum absolute atomic E-state index is 0.146. The van der Waals surface area contributed by atoms with Crippen LogP contribution in [0.25, 0.3) is 16.2 Å². The third kappa shape index (κ3) is 2.69. The van der Waals surface area contributed by atoms with Gasteiger partial charge < -0.3 is 0 Å². The molecule has 0 bridgehead atoms. The van der Waals surface area contributed by atoms with E-state index in [-0.39, 0.29) is 5.78 Å². The van der Waals surface area contributed by atoms with Crippen molar-refractivity contribution < 1.29 is 4.79 Å². The summed E-state index contributed by atoms with van der Waals surface area (Å²) in [4.78, 5) is 17.9. The van der Waals surface area contributed by atoms with E-state index in [0.29, 0.717) is 6.42 Å². The van der Waals surface area contributed by atoms with Crippen LogP contribution in [-0.4, -0.2) is 15.2 Å². The highest BCUT2D eigenvalue weighted by atomic mass is 32.1. The van der Waals surface area contributed by atoms with Crippen molar-refractivity contribution in [3.63, 3.8) is 0 Å². The number of benzene rings is 1. The summed E-state index contributed by atoms with van der Waals surface area (Å²) in [5, 5.41) is 1.93. The van der Waals surface area contributed by atoms with Gasteiger partial charge >= 0.3 is 0 Å². The van der Waals surface area contributed by atoms with Crippen LogP contribution in [0, 0.1) is 0 Å². The van der Waals surface area contributed by atoms with Crippen molar-refractivity contribution in [3.8, 4) is 10.6 Å². The fourth-order valence-electron chi connectivity index (χ4n) is 2.61. The lowest BCUT2D eigenvalue weighted by atomic mass is 10.1. The van der Waals surface area contributed by atoms with Crippen LogP contribution in [0.3, 0.4) is 0 Å². The molecule has 0 aliphatic heterocycles. The van der Waals surface area contributed by atoms with Gasteiger partial charge in [0.15, 0.2) is 5.78 Å². The summed E-state index contributed by atoms with van der Waals surface area (Å²) >= 11 is 1.58. The SMILES string of the molecule is O=C(Cc1ccccc1)c1csc(-c2cnc3ccccn23)c1. The lowest BCUT2D eigenvalue weighted by Crippen LogP contribution is -2.01. The number of nitrogens with zero attached hydrogens (tertiary/aromatic N) is 2. The number of thiophene rings is 1. The van der Waals surface area contributed by atoms with Gasteiger partial charge in [0.25, 0.3) is 0 Å². The van der Waals surface area contributed by atoms with E-state index in [0.717, 1.165) is 27.3 Å². The van der Waals surface area contributed by atoms with Crippen molar-refractivity contribution in [2.45, 2.75) is 6.42 Å². The molecule has 1 aromatic carbocycles. The maximum absolute atomic E-state index is 12.4. The van der Waals surface area contributed by atoms with Gasteiger partial charge in [-0.25, -0.2) is 4.98 Å². The van der Waals surface area contributed by atoms with Crippen LogP contribution in [0.15, 0.2) is 72.4 Å². The number of hydrogen-bond donors (Lipinski definition) is 0. The zero-order valence-corrected chi connectivity index (χ0v) is 13.2. The van der Waals surface area contributed by atoms with E-state index in [4.69, 9.17) is 0 Å². The van der Waals surface area contributed by atoms with E-state index in [1.165, 1.54) is 0 Å². The lowest BCUT2D eigenvalue weighted by Gasteiger charge is -1.99. The monoisotopic (exact) mass is 318 g/mol. The predicted octanol–water partition coefficient (Wildman–Crippen LogP) is 4.49. The van der Waals surface area contributed by atoms with Crippen LogP contribution in [-0.2, 0) is 6.42 Å². The van der Waals surface area contributed by atoms with E-state index in [9.17, 15) is 4.79 Å². The van der Waals surface area contributed by atoms with Crippen LogP contribution >= 0.6 is 11.3 Å². The average molecular weight is 318 g/mol. The van der Waals surface area contributed by atoms with Gasteiger partial charge in [-0.05, 0) is 23.8 Å². The number of rotatable bonds is 4. The number of hydrogen-bond acceptors (Lipinski definition) is 3. The Morgan fingerprint density at radius 1 is 1.09 bits per heavy atom. The van der Waals surface area contributed by atoms with Gasteiger partial charge in [0.2, 0.25) is 0 Å². The third-order valence-corrected chi connectivity index (χ3v) is 4.75. The minimum atomic E-state index is 0.146. The van der Waals surface area contributed by atoms with Crippen LogP contribution in [0.1, 0.15) is 15.9 Å². The normalized spacial score (nSPS) is 11.0. The predicted molar refractivity (Wildman–Crippen MR) is 93.0 cm³/mol. The maximum Gasteiger partial charge on any atom is 0.168 e. The lowest BCUT2D eigenvalue weighted by molar-refractivity contribution is 0.0993. The topological polar surface area (TPSA) is 34.4 Å². The van der Waals surface area contributed by atoms with Crippen molar-refractivity contribution in [2.24, 2.45) is 0 Å². The Balaban J connectivity index is 1.63. The highest BCUT2D eigenvalue weighted by molar-refractivity contribution is 7.13. The van der Waals surface area contributed by atoms with Crippen LogP contribution < -0.4 is 0 Å². The summed E-state index contributed by atoms with van der Waals surface area (Å²) in [6.45, 7) is 0. The molecule has 23 heavy (non-hydrogen) atoms. The van der Waals surface area contributed by atoms with E-state index >= 15 is 0 Å². The number of carbonyl (C=O) groups is 1. The summed E-state index contributed by atoms with van der Waals surface area (Å²) in [6.07, 6.45) is 4.28. The molecule has 0 atom stereocenters. The smallest absolute Gasteiger partial charge is 0.168 e. The molecule has 0 N–H and O–H groups in total. The molecular formula is C19H14N2OS. The minimum Gasteiger partial charge on any atom is -0.299 e. The van der Waals surface area contributed by atoms with Crippen LogP contribution in [0.5, 0.6) is 0 Å². The first-order chi connectivity index (χ1) is 11.3. The Labute approximate surface area is 137 Å². The first-order valence-electron chi connectivity index (χ1n) is 7.39. The Hall–Kier alpha value is -2.72. The quantitative estimate of drug-likeness (QED) is 0.520. The number of pyridine rings is 1. The summed E-state index contributed by atoms with van der Waals surface area (Å²) in [7, 11) is 0. The molecule has 0 radical (unpaired) electrons. The number of ketones is 1. The van der Waals surface area contributed by atoms with E-state index in [2.05, 4.69) is 4.98 Å². The zero-order valence-electron chi connectivity index (χ0n) is 12.3. The van der Waals surface area contributed by atoms with Gasteiger partial charge in [-0.1, -0.05) is 36.4 Å². The largest absolute Gasteiger partial charge is 0.299 e. The molecule has 0 fully saturated rings. The van der Waals surface area contributed by atoms with Gasteiger partial charge in [0.1, 0.15) is 5.65 Å². The van der Waals surface area contributed by atoms with Crippen molar-refractivity contribution in [1.82, 2.24) is 9.38 Å². The van der Waals surface area contributed by atoms with Crippen LogP contribution in [0.4, 0.5) is 0 Å². The molecule has 112 valence electrons. The molecule has 0 aliphatic carbocycles. The molecule has 0 amide bonds. The summed E-state index contributed by atoms with van der Waals surface area (Å²) in [5.41, 5.74) is 3.73. The van der Waals surface area contributed by atoms with Crippen LogP contribution in [0.2, 0.25) is 0 Å². The third-order valence-electron chi connectivity index (χ3n) is 3.80. The molecule has 0 spiro atoms. The maximum atomic E-state index is 12.4. The number of fused-ring (bicyclic) bond motifs is 1. The molecule has 4 heteroatoms. The second-order valence-electron chi connectivity index (χ2n) is 5.36. The van der Waals surface area contributed by atoms with Gasteiger partial charge in [-0.2, -0.15) is 0 Å². The van der Waals surface area contributed by atoms with E-state index < -0.39 is 0 Å². The summed E-state index contributed by atoms with van der Waals surface area (Å²) in [6, 6.07) is 17.7. The second-order valence-corrected chi connectivity index (χ2v) is 6.27. The molecule has 0 saturated heterocycles. The van der Waals surface area contributed by atoms with E-state index in [1.807, 2.05) is 76.8 Å². The molecule has 3 nitrogen and oxygen atoms in total. The molecular weight excluding hydrogens is 304 g/mol. The summed E-state index contributed by atoms with van der Waals surface area (Å²) in [5.74, 6) is 0.146. The van der Waals surface area contributed by atoms with Crippen molar-refractivity contribution in [2.75, 3.05) is 0 Å². The van der Waals surface area contributed by atoms with Gasteiger partial charge in [0, 0.05) is 23.6 Å². The molecule has 0 aliphatic rings. The number of Topliss-reactive ketones (excluding diaryl/α,β-unsaturated/α-hetero) is 1. The fourth-order valence-corrected chi connectivity index (χ4v) is 3.54. The van der Waals surface area contributed by atoms with Crippen molar-refractivity contribution in [3.05, 3.63) is 83.5 Å². The highest BCUT2D eigenvalue weighted by Crippen LogP contribution is 2.28. The zero-order chi connectivity index (χ0) is 15.6. The number of aromatic nitrogens is 2. The molecule has 0 saturated carbocycles. The second kappa shape index (κ2) is 5.82. The Kier molecular flexibility index (Phi) is 3.52. The van der Waals surface area contributed by atoms with Crippen molar-refractivity contribution >= 4 is 22.8 Å². The molecule has 4 rings (SSSR count). The summed E-state index contributed by atoms with van der Waals surface area (Å²) < 4.78 is 2.04. The highest BCUT2D eigenvalue weighted by Gasteiger charge is 2.13. The Bertz CT molecular complexity index is 969. The Morgan fingerprint density at radius 2 is 1.91 bits per heavy atom. The average Bonchev–Trinajstić information content (AvgIpc) is 3.22. The van der Waals surface area contributed by atoms with E-state index in [1.54, 1.807) is 11.3 Å². The molecule has 3 aromatic heterocycles. The molecule has 3 heterocycles.